The third-order valence-corrected chi connectivity index (χ3v) is 4.04. The molecule has 0 amide bonds. The van der Waals surface area contributed by atoms with E-state index in [1.165, 1.54) is 0 Å². The molecule has 25 heavy (non-hydrogen) atoms. The summed E-state index contributed by atoms with van der Waals surface area (Å²) in [6.07, 6.45) is 5.51. The lowest BCUT2D eigenvalue weighted by molar-refractivity contribution is 0.482. The molecule has 0 saturated heterocycles. The van der Waals surface area contributed by atoms with Gasteiger partial charge in [-0.2, -0.15) is 5.10 Å². The molecular formula is C20H18N4O. The molecule has 0 aliphatic heterocycles. The lowest BCUT2D eigenvalue weighted by atomic mass is 10.2. The Bertz CT molecular complexity index is 934. The van der Waals surface area contributed by atoms with Gasteiger partial charge < -0.3 is 9.30 Å². The van der Waals surface area contributed by atoms with Crippen LogP contribution in [0.15, 0.2) is 73.2 Å². The van der Waals surface area contributed by atoms with Crippen LogP contribution >= 0.6 is 0 Å². The molecule has 0 saturated carbocycles. The number of rotatable bonds is 4. The first-order chi connectivity index (χ1) is 12.2. The molecule has 0 aliphatic rings. The summed E-state index contributed by atoms with van der Waals surface area (Å²) >= 11 is 0. The Hall–Kier alpha value is -3.34. The van der Waals surface area contributed by atoms with Crippen LogP contribution in [0.4, 0.5) is 0 Å². The zero-order chi connectivity index (χ0) is 17.2. The quantitative estimate of drug-likeness (QED) is 0.558. The van der Waals surface area contributed by atoms with E-state index in [-0.39, 0.29) is 0 Å². The fourth-order valence-corrected chi connectivity index (χ4v) is 2.80. The molecule has 0 N–H and O–H groups in total. The van der Waals surface area contributed by atoms with Crippen molar-refractivity contribution in [3.8, 4) is 28.6 Å². The van der Waals surface area contributed by atoms with Gasteiger partial charge in [0.2, 0.25) is 0 Å². The first-order valence-electron chi connectivity index (χ1n) is 8.07. The summed E-state index contributed by atoms with van der Waals surface area (Å²) in [7, 11) is 1.98. The maximum Gasteiger partial charge on any atom is 0.139 e. The van der Waals surface area contributed by atoms with Crippen LogP contribution in [0.25, 0.3) is 17.1 Å². The Balaban J connectivity index is 1.63. The van der Waals surface area contributed by atoms with Gasteiger partial charge in [-0.15, -0.1) is 0 Å². The average molecular weight is 330 g/mol. The summed E-state index contributed by atoms with van der Waals surface area (Å²) in [5, 5.41) is 4.34. The van der Waals surface area contributed by atoms with E-state index in [1.54, 1.807) is 12.4 Å². The first kappa shape index (κ1) is 15.2. The van der Waals surface area contributed by atoms with E-state index < -0.39 is 0 Å². The zero-order valence-electron chi connectivity index (χ0n) is 14.1. The highest BCUT2D eigenvalue weighted by molar-refractivity contribution is 5.58. The maximum absolute atomic E-state index is 6.06. The van der Waals surface area contributed by atoms with Gasteiger partial charge in [-0.25, -0.2) is 9.67 Å². The number of aryl methyl sites for hydroxylation is 2. The van der Waals surface area contributed by atoms with Crippen LogP contribution in [0.3, 0.4) is 0 Å². The lowest BCUT2D eigenvalue weighted by Gasteiger charge is -2.10. The number of imidazole rings is 1. The molecule has 2 aromatic carbocycles. The van der Waals surface area contributed by atoms with E-state index in [0.717, 1.165) is 34.3 Å². The first-order valence-corrected chi connectivity index (χ1v) is 8.07. The van der Waals surface area contributed by atoms with Gasteiger partial charge in [-0.1, -0.05) is 18.2 Å². The molecule has 5 heteroatoms. The Labute approximate surface area is 146 Å². The lowest BCUT2D eigenvalue weighted by Crippen LogP contribution is -1.98. The van der Waals surface area contributed by atoms with Gasteiger partial charge in [0.25, 0.3) is 0 Å². The highest BCUT2D eigenvalue weighted by Gasteiger charge is 2.07. The minimum absolute atomic E-state index is 0.768. The number of hydrogen-bond donors (Lipinski definition) is 0. The third kappa shape index (κ3) is 3.04. The summed E-state index contributed by atoms with van der Waals surface area (Å²) in [5.74, 6) is 2.45. The van der Waals surface area contributed by atoms with E-state index in [1.807, 2.05) is 84.0 Å². The molecule has 0 radical (unpaired) electrons. The summed E-state index contributed by atoms with van der Waals surface area (Å²) in [4.78, 5) is 4.39. The molecule has 4 aromatic rings. The Morgan fingerprint density at radius 3 is 2.44 bits per heavy atom. The van der Waals surface area contributed by atoms with Gasteiger partial charge >= 0.3 is 0 Å². The normalized spacial score (nSPS) is 10.8. The van der Waals surface area contributed by atoms with Crippen molar-refractivity contribution in [2.45, 2.75) is 6.92 Å². The molecule has 0 unspecified atom stereocenters. The smallest absolute Gasteiger partial charge is 0.139 e. The van der Waals surface area contributed by atoms with Gasteiger partial charge in [0, 0.05) is 43.0 Å². The Morgan fingerprint density at radius 1 is 0.920 bits per heavy atom. The second-order valence-electron chi connectivity index (χ2n) is 5.87. The van der Waals surface area contributed by atoms with Crippen molar-refractivity contribution in [3.05, 3.63) is 78.9 Å². The van der Waals surface area contributed by atoms with E-state index in [2.05, 4.69) is 10.1 Å². The summed E-state index contributed by atoms with van der Waals surface area (Å²) < 4.78 is 9.93. The van der Waals surface area contributed by atoms with Crippen LogP contribution in [-0.4, -0.2) is 19.3 Å². The number of hydrogen-bond acceptors (Lipinski definition) is 3. The highest BCUT2D eigenvalue weighted by atomic mass is 16.5. The molecule has 4 rings (SSSR count). The van der Waals surface area contributed by atoms with Crippen LogP contribution in [0.5, 0.6) is 11.5 Å². The molecule has 0 fully saturated rings. The van der Waals surface area contributed by atoms with E-state index in [9.17, 15) is 0 Å². The number of ether oxygens (including phenoxy) is 1. The maximum atomic E-state index is 6.06. The molecule has 0 spiro atoms. The van der Waals surface area contributed by atoms with E-state index in [0.29, 0.717) is 0 Å². The van der Waals surface area contributed by atoms with E-state index >= 15 is 0 Å². The van der Waals surface area contributed by atoms with Crippen LogP contribution in [0.1, 0.15) is 5.69 Å². The topological polar surface area (TPSA) is 44.9 Å². The predicted molar refractivity (Wildman–Crippen MR) is 97.0 cm³/mol. The molecule has 0 atom stereocenters. The molecule has 0 bridgehead atoms. The molecular weight excluding hydrogens is 312 g/mol. The molecule has 2 heterocycles. The average Bonchev–Trinajstić information content (AvgIpc) is 3.23. The molecule has 124 valence electrons. The van der Waals surface area contributed by atoms with Crippen molar-refractivity contribution in [1.82, 2.24) is 19.3 Å². The summed E-state index contributed by atoms with van der Waals surface area (Å²) in [5.41, 5.74) is 3.07. The number of aromatic nitrogens is 4. The highest BCUT2D eigenvalue weighted by Crippen LogP contribution is 2.27. The molecule has 2 aromatic heterocycles. The minimum atomic E-state index is 0.768. The molecule has 5 nitrogen and oxygen atoms in total. The fraction of sp³-hybridized carbons (Fsp3) is 0.100. The second-order valence-corrected chi connectivity index (χ2v) is 5.87. The van der Waals surface area contributed by atoms with Crippen LogP contribution in [0, 0.1) is 6.92 Å². The van der Waals surface area contributed by atoms with Gasteiger partial charge in [-0.3, -0.25) is 0 Å². The SMILES string of the molecule is Cc1ccnn1-c1cccc(Oc2cccc(-c3nccn3C)c2)c1. The third-order valence-electron chi connectivity index (χ3n) is 4.04. The van der Waals surface area contributed by atoms with Crippen molar-refractivity contribution in [2.24, 2.45) is 7.05 Å². The Morgan fingerprint density at radius 2 is 1.72 bits per heavy atom. The van der Waals surface area contributed by atoms with Crippen LogP contribution < -0.4 is 4.74 Å². The van der Waals surface area contributed by atoms with Gasteiger partial charge in [0.05, 0.1) is 5.69 Å². The van der Waals surface area contributed by atoms with Crippen molar-refractivity contribution in [3.63, 3.8) is 0 Å². The van der Waals surface area contributed by atoms with E-state index in [4.69, 9.17) is 4.74 Å². The number of benzene rings is 2. The van der Waals surface area contributed by atoms with Crippen LogP contribution in [-0.2, 0) is 7.05 Å². The van der Waals surface area contributed by atoms with Crippen LogP contribution in [0.2, 0.25) is 0 Å². The summed E-state index contributed by atoms with van der Waals surface area (Å²) in [6.45, 7) is 2.02. The minimum Gasteiger partial charge on any atom is -0.457 e. The van der Waals surface area contributed by atoms with Gasteiger partial charge in [0.15, 0.2) is 0 Å². The fourth-order valence-electron chi connectivity index (χ4n) is 2.80. The number of nitrogens with zero attached hydrogens (tertiary/aromatic N) is 4. The van der Waals surface area contributed by atoms with Crippen molar-refractivity contribution in [1.29, 1.82) is 0 Å². The standard InChI is InChI=1S/C20H18N4O/c1-15-9-10-22-24(15)17-6-4-8-19(14-17)25-18-7-3-5-16(13-18)20-21-11-12-23(20)2/h3-14H,1-2H3. The zero-order valence-corrected chi connectivity index (χ0v) is 14.1. The molecule has 0 aliphatic carbocycles. The van der Waals surface area contributed by atoms with Crippen molar-refractivity contribution >= 4 is 0 Å². The van der Waals surface area contributed by atoms with Gasteiger partial charge in [-0.05, 0) is 37.3 Å². The monoisotopic (exact) mass is 330 g/mol. The Kier molecular flexibility index (Phi) is 3.82. The van der Waals surface area contributed by atoms with Gasteiger partial charge in [0.1, 0.15) is 17.3 Å². The van der Waals surface area contributed by atoms with Crippen molar-refractivity contribution in [2.75, 3.05) is 0 Å². The summed E-state index contributed by atoms with van der Waals surface area (Å²) in [6, 6.07) is 17.8. The second kappa shape index (κ2) is 6.28. The van der Waals surface area contributed by atoms with Crippen molar-refractivity contribution < 1.29 is 4.74 Å². The largest absolute Gasteiger partial charge is 0.457 e. The predicted octanol–water partition coefficient (Wildman–Crippen LogP) is 4.37.